The average Bonchev–Trinajstić information content (AvgIpc) is 2.73. The summed E-state index contributed by atoms with van der Waals surface area (Å²) in [6.07, 6.45) is 3.02. The molecule has 1 radical (unpaired) electrons. The van der Waals surface area contributed by atoms with Crippen molar-refractivity contribution in [3.05, 3.63) is 65.0 Å². The molecule has 0 spiro atoms. The Bertz CT molecular complexity index is 920. The first kappa shape index (κ1) is 23.6. The fourth-order valence-electron chi connectivity index (χ4n) is 4.29. The molecule has 0 atom stereocenters. The van der Waals surface area contributed by atoms with Gasteiger partial charge in [0.1, 0.15) is 17.5 Å². The molecule has 1 fully saturated rings. The topological polar surface area (TPSA) is 0 Å². The van der Waals surface area contributed by atoms with E-state index in [4.69, 9.17) is 0 Å². The van der Waals surface area contributed by atoms with Gasteiger partial charge >= 0.3 is 6.08 Å². The summed E-state index contributed by atoms with van der Waals surface area (Å²) in [5.74, 6) is -5.64. The number of halogens is 6. The molecule has 7 heteroatoms. The van der Waals surface area contributed by atoms with Gasteiger partial charge in [-0.1, -0.05) is 56.5 Å². The van der Waals surface area contributed by atoms with Crippen LogP contribution >= 0.6 is 0 Å². The highest BCUT2D eigenvalue weighted by Gasteiger charge is 2.25. The summed E-state index contributed by atoms with van der Waals surface area (Å²) < 4.78 is 81.1. The third-order valence-corrected chi connectivity index (χ3v) is 9.08. The van der Waals surface area contributed by atoms with Crippen molar-refractivity contribution in [3.63, 3.8) is 0 Å². The summed E-state index contributed by atoms with van der Waals surface area (Å²) in [6.45, 7) is 2.20. The van der Waals surface area contributed by atoms with Crippen molar-refractivity contribution in [1.82, 2.24) is 0 Å². The number of hydrogen-bond acceptors (Lipinski definition) is 0. The smallest absolute Gasteiger partial charge is 0.206 e. The maximum Gasteiger partial charge on any atom is 0.306 e. The molecular weight excluding hydrogens is 430 g/mol. The Morgan fingerprint density at radius 3 is 2.10 bits per heavy atom. The van der Waals surface area contributed by atoms with Crippen LogP contribution in [0.2, 0.25) is 18.1 Å². The van der Waals surface area contributed by atoms with Gasteiger partial charge in [0.15, 0.2) is 0 Å². The SMILES string of the molecule is CCCCC[Si]1CCC(c2ccc(-c3cc(F)c(C(F)=C(F)F)c(F)c3)c(F)c2)CC1. The van der Waals surface area contributed by atoms with Crippen LogP contribution in [-0.4, -0.2) is 8.80 Å². The Hall–Kier alpha value is -2.02. The third kappa shape index (κ3) is 5.62. The largest absolute Gasteiger partial charge is 0.306 e. The second-order valence-corrected chi connectivity index (χ2v) is 11.1. The van der Waals surface area contributed by atoms with Crippen molar-refractivity contribution in [2.75, 3.05) is 0 Å². The van der Waals surface area contributed by atoms with E-state index < -0.39 is 34.9 Å². The molecule has 0 saturated carbocycles. The van der Waals surface area contributed by atoms with Gasteiger partial charge in [0.05, 0.1) is 5.56 Å². The molecule has 0 aromatic heterocycles. The fraction of sp³-hybridized carbons (Fsp3) is 0.417. The predicted octanol–water partition coefficient (Wildman–Crippen LogP) is 8.87. The number of benzene rings is 2. The second-order valence-electron chi connectivity index (χ2n) is 8.11. The van der Waals surface area contributed by atoms with Gasteiger partial charge in [0, 0.05) is 14.4 Å². The van der Waals surface area contributed by atoms with E-state index in [2.05, 4.69) is 6.92 Å². The molecule has 2 aromatic rings. The van der Waals surface area contributed by atoms with Gasteiger partial charge in [-0.3, -0.25) is 0 Å². The average molecular weight is 456 g/mol. The molecule has 31 heavy (non-hydrogen) atoms. The Kier molecular flexibility index (Phi) is 8.03. The molecule has 0 amide bonds. The van der Waals surface area contributed by atoms with Crippen LogP contribution in [0.4, 0.5) is 26.3 Å². The Morgan fingerprint density at radius 2 is 1.55 bits per heavy atom. The maximum absolute atomic E-state index is 14.8. The van der Waals surface area contributed by atoms with E-state index >= 15 is 0 Å². The summed E-state index contributed by atoms with van der Waals surface area (Å²) in [5, 5.41) is 0. The Labute approximate surface area is 180 Å². The van der Waals surface area contributed by atoms with E-state index in [1.807, 2.05) is 0 Å². The Morgan fingerprint density at radius 1 is 0.903 bits per heavy atom. The van der Waals surface area contributed by atoms with Crippen molar-refractivity contribution in [2.45, 2.75) is 63.1 Å². The highest BCUT2D eigenvalue weighted by molar-refractivity contribution is 6.59. The highest BCUT2D eigenvalue weighted by Crippen LogP contribution is 2.38. The molecule has 0 aliphatic carbocycles. The van der Waals surface area contributed by atoms with Gasteiger partial charge in [-0.25, -0.2) is 17.6 Å². The van der Waals surface area contributed by atoms with Crippen molar-refractivity contribution in [3.8, 4) is 11.1 Å². The van der Waals surface area contributed by atoms with Crippen LogP contribution in [0.15, 0.2) is 36.4 Å². The monoisotopic (exact) mass is 455 g/mol. The van der Waals surface area contributed by atoms with Crippen LogP contribution in [0.5, 0.6) is 0 Å². The van der Waals surface area contributed by atoms with Crippen molar-refractivity contribution >= 4 is 14.6 Å². The van der Waals surface area contributed by atoms with Crippen molar-refractivity contribution < 1.29 is 26.3 Å². The van der Waals surface area contributed by atoms with Crippen LogP contribution in [-0.2, 0) is 0 Å². The Balaban J connectivity index is 1.76. The molecular formula is C24H25F6Si. The first-order valence-corrected chi connectivity index (χ1v) is 12.8. The standard InChI is InChI=1S/C24H25F6Si/c1-2-3-4-9-31-10-7-15(8-11-31)16-5-6-18(19(25)12-16)17-13-20(26)22(21(27)14-17)23(28)24(29)30/h5-6,12-15H,2-4,7-11H2,1H3. The quantitative estimate of drug-likeness (QED) is 0.222. The summed E-state index contributed by atoms with van der Waals surface area (Å²) in [7, 11) is -0.312. The van der Waals surface area contributed by atoms with Crippen LogP contribution in [0.3, 0.4) is 0 Å². The third-order valence-electron chi connectivity index (χ3n) is 6.03. The maximum atomic E-state index is 14.8. The second kappa shape index (κ2) is 10.5. The molecule has 1 heterocycles. The first-order valence-electron chi connectivity index (χ1n) is 10.6. The van der Waals surface area contributed by atoms with E-state index in [9.17, 15) is 26.3 Å². The minimum Gasteiger partial charge on any atom is -0.206 e. The van der Waals surface area contributed by atoms with Crippen molar-refractivity contribution in [2.24, 2.45) is 0 Å². The first-order chi connectivity index (χ1) is 14.8. The molecule has 3 rings (SSSR count). The van der Waals surface area contributed by atoms with Crippen LogP contribution < -0.4 is 0 Å². The fourth-order valence-corrected chi connectivity index (χ4v) is 7.30. The minimum atomic E-state index is -2.82. The summed E-state index contributed by atoms with van der Waals surface area (Å²) in [5.41, 5.74) is -0.806. The summed E-state index contributed by atoms with van der Waals surface area (Å²) >= 11 is 0. The molecule has 0 N–H and O–H groups in total. The van der Waals surface area contributed by atoms with Crippen molar-refractivity contribution in [1.29, 1.82) is 0 Å². The molecule has 0 bridgehead atoms. The van der Waals surface area contributed by atoms with E-state index in [0.717, 1.165) is 18.4 Å². The molecule has 1 aliphatic rings. The molecule has 167 valence electrons. The lowest BCUT2D eigenvalue weighted by molar-refractivity contribution is 0.407. The molecule has 0 nitrogen and oxygen atoms in total. The zero-order valence-electron chi connectivity index (χ0n) is 17.4. The van der Waals surface area contributed by atoms with E-state index in [0.29, 0.717) is 12.1 Å². The zero-order chi connectivity index (χ0) is 22.5. The highest BCUT2D eigenvalue weighted by atomic mass is 28.3. The van der Waals surface area contributed by atoms with Gasteiger partial charge < -0.3 is 0 Å². The summed E-state index contributed by atoms with van der Waals surface area (Å²) in [4.78, 5) is 0. The van der Waals surface area contributed by atoms with Crippen LogP contribution in [0, 0.1) is 17.5 Å². The lowest BCUT2D eigenvalue weighted by Crippen LogP contribution is -2.20. The number of unbranched alkanes of at least 4 members (excludes halogenated alkanes) is 2. The van der Waals surface area contributed by atoms with E-state index in [1.165, 1.54) is 49.5 Å². The summed E-state index contributed by atoms with van der Waals surface area (Å²) in [6, 6.07) is 9.70. The lowest BCUT2D eigenvalue weighted by atomic mass is 9.91. The molecule has 0 unspecified atom stereocenters. The number of rotatable bonds is 7. The van der Waals surface area contributed by atoms with Gasteiger partial charge in [0.25, 0.3) is 0 Å². The van der Waals surface area contributed by atoms with E-state index in [-0.39, 0.29) is 25.8 Å². The number of hydrogen-bond donors (Lipinski definition) is 0. The normalized spacial score (nSPS) is 15.3. The van der Waals surface area contributed by atoms with Gasteiger partial charge in [0.2, 0.25) is 5.83 Å². The van der Waals surface area contributed by atoms with Gasteiger partial charge in [-0.15, -0.1) is 0 Å². The minimum absolute atomic E-state index is 0.0571. The van der Waals surface area contributed by atoms with E-state index in [1.54, 1.807) is 6.07 Å². The molecule has 1 aliphatic heterocycles. The van der Waals surface area contributed by atoms with Crippen LogP contribution in [0.1, 0.15) is 56.1 Å². The van der Waals surface area contributed by atoms with Gasteiger partial charge in [-0.05, 0) is 48.1 Å². The zero-order valence-corrected chi connectivity index (χ0v) is 18.4. The predicted molar refractivity (Wildman–Crippen MR) is 114 cm³/mol. The van der Waals surface area contributed by atoms with Gasteiger partial charge in [-0.2, -0.15) is 8.78 Å². The molecule has 2 aromatic carbocycles. The van der Waals surface area contributed by atoms with Crippen LogP contribution in [0.25, 0.3) is 17.0 Å². The lowest BCUT2D eigenvalue weighted by Gasteiger charge is -2.28. The molecule has 1 saturated heterocycles.